The van der Waals surface area contributed by atoms with Gasteiger partial charge in [-0.05, 0) is 19.1 Å². The van der Waals surface area contributed by atoms with E-state index in [9.17, 15) is 5.11 Å². The van der Waals surface area contributed by atoms with Crippen LogP contribution in [0.1, 0.15) is 18.2 Å². The second kappa shape index (κ2) is 7.50. The Morgan fingerprint density at radius 2 is 1.90 bits per heavy atom. The van der Waals surface area contributed by atoms with Gasteiger partial charge in [0.25, 0.3) is 0 Å². The number of aliphatic hydroxyl groups is 1. The molecule has 0 aliphatic rings. The summed E-state index contributed by atoms with van der Waals surface area (Å²) in [5.74, 6) is 1.70. The van der Waals surface area contributed by atoms with E-state index in [2.05, 4.69) is 4.98 Å². The van der Waals surface area contributed by atoms with Crippen LogP contribution in [0.15, 0.2) is 36.4 Å². The van der Waals surface area contributed by atoms with Gasteiger partial charge in [-0.3, -0.25) is 0 Å². The molecule has 1 aromatic carbocycles. The number of pyridine rings is 1. The highest BCUT2D eigenvalue weighted by atomic mass is 16.5. The first-order valence-corrected chi connectivity index (χ1v) is 6.76. The summed E-state index contributed by atoms with van der Waals surface area (Å²) >= 11 is 0. The van der Waals surface area contributed by atoms with Gasteiger partial charge in [-0.25, -0.2) is 4.98 Å². The molecule has 0 amide bonds. The van der Waals surface area contributed by atoms with Crippen LogP contribution in [0.25, 0.3) is 0 Å². The second-order valence-corrected chi connectivity index (χ2v) is 4.30. The molecule has 0 aliphatic heterocycles. The molecule has 0 fully saturated rings. The van der Waals surface area contributed by atoms with Crippen molar-refractivity contribution in [1.82, 2.24) is 4.98 Å². The molecule has 0 radical (unpaired) electrons. The van der Waals surface area contributed by atoms with Gasteiger partial charge in [0.05, 0.1) is 26.0 Å². The fraction of sp³-hybridized carbons (Fsp3) is 0.312. The third-order valence-corrected chi connectivity index (χ3v) is 2.89. The molecular weight excluding hydrogens is 270 g/mol. The smallest absolute Gasteiger partial charge is 0.213 e. The van der Waals surface area contributed by atoms with E-state index in [0.717, 1.165) is 5.69 Å². The average molecular weight is 289 g/mol. The number of rotatable bonds is 7. The Hall–Kier alpha value is -2.27. The van der Waals surface area contributed by atoms with Crippen molar-refractivity contribution >= 4 is 0 Å². The van der Waals surface area contributed by atoms with Crippen LogP contribution in [0.4, 0.5) is 0 Å². The molecule has 1 N–H and O–H groups in total. The van der Waals surface area contributed by atoms with Crippen molar-refractivity contribution in [3.8, 4) is 17.4 Å². The van der Waals surface area contributed by atoms with E-state index in [4.69, 9.17) is 14.2 Å². The summed E-state index contributed by atoms with van der Waals surface area (Å²) in [4.78, 5) is 4.29. The third-order valence-electron chi connectivity index (χ3n) is 2.89. The molecular formula is C16H19NO4. The van der Waals surface area contributed by atoms with E-state index < -0.39 is 0 Å². The molecule has 5 heteroatoms. The molecule has 1 aromatic heterocycles. The number of para-hydroxylation sites is 1. The van der Waals surface area contributed by atoms with Crippen LogP contribution in [0.3, 0.4) is 0 Å². The molecule has 0 atom stereocenters. The lowest BCUT2D eigenvalue weighted by Gasteiger charge is -2.15. The Bertz CT molecular complexity index is 586. The Kier molecular flexibility index (Phi) is 5.40. The monoisotopic (exact) mass is 289 g/mol. The highest BCUT2D eigenvalue weighted by Gasteiger charge is 2.11. The minimum Gasteiger partial charge on any atom is -0.490 e. The maximum absolute atomic E-state index is 9.42. The fourth-order valence-electron chi connectivity index (χ4n) is 1.92. The van der Waals surface area contributed by atoms with Crippen LogP contribution in [0, 0.1) is 0 Å². The first-order valence-electron chi connectivity index (χ1n) is 6.76. The second-order valence-electron chi connectivity index (χ2n) is 4.30. The van der Waals surface area contributed by atoms with Gasteiger partial charge in [0.15, 0.2) is 11.5 Å². The number of benzene rings is 1. The maximum Gasteiger partial charge on any atom is 0.213 e. The zero-order chi connectivity index (χ0) is 15.1. The van der Waals surface area contributed by atoms with Crippen molar-refractivity contribution in [2.45, 2.75) is 20.1 Å². The van der Waals surface area contributed by atoms with Crippen molar-refractivity contribution in [3.63, 3.8) is 0 Å². The van der Waals surface area contributed by atoms with Crippen LogP contribution in [-0.2, 0) is 13.2 Å². The van der Waals surface area contributed by atoms with E-state index in [1.165, 1.54) is 0 Å². The molecule has 0 spiro atoms. The highest BCUT2D eigenvalue weighted by molar-refractivity contribution is 5.46. The summed E-state index contributed by atoms with van der Waals surface area (Å²) in [6, 6.07) is 10.9. The van der Waals surface area contributed by atoms with E-state index in [1.54, 1.807) is 19.2 Å². The van der Waals surface area contributed by atoms with Gasteiger partial charge in [-0.1, -0.05) is 18.2 Å². The quantitative estimate of drug-likeness (QED) is 0.849. The number of aliphatic hydroxyl groups excluding tert-OH is 1. The Balaban J connectivity index is 2.18. The van der Waals surface area contributed by atoms with Crippen LogP contribution >= 0.6 is 0 Å². The van der Waals surface area contributed by atoms with Crippen molar-refractivity contribution in [2.24, 2.45) is 0 Å². The summed E-state index contributed by atoms with van der Waals surface area (Å²) in [6.45, 7) is 2.59. The first-order chi connectivity index (χ1) is 10.3. The average Bonchev–Trinajstić information content (AvgIpc) is 2.54. The Morgan fingerprint density at radius 3 is 2.62 bits per heavy atom. The predicted molar refractivity (Wildman–Crippen MR) is 78.7 cm³/mol. The lowest BCUT2D eigenvalue weighted by molar-refractivity contribution is 0.241. The van der Waals surface area contributed by atoms with Gasteiger partial charge in [-0.15, -0.1) is 0 Å². The molecule has 5 nitrogen and oxygen atoms in total. The van der Waals surface area contributed by atoms with Gasteiger partial charge in [0.1, 0.15) is 6.61 Å². The minimum atomic E-state index is -0.109. The lowest BCUT2D eigenvalue weighted by atomic mass is 10.2. The lowest BCUT2D eigenvalue weighted by Crippen LogP contribution is -2.04. The molecule has 0 saturated heterocycles. The van der Waals surface area contributed by atoms with Gasteiger partial charge in [-0.2, -0.15) is 0 Å². The standard InChI is InChI=1S/C16H19NO4/c1-3-20-14-8-4-6-12(10-18)16(14)21-11-13-7-5-9-15(17-13)19-2/h4-9,18H,3,10-11H2,1-2H3. The molecule has 0 bridgehead atoms. The van der Waals surface area contributed by atoms with E-state index >= 15 is 0 Å². The van der Waals surface area contributed by atoms with Gasteiger partial charge in [0, 0.05) is 11.6 Å². The van der Waals surface area contributed by atoms with Gasteiger partial charge in [0.2, 0.25) is 5.88 Å². The number of hydrogen-bond donors (Lipinski definition) is 1. The summed E-state index contributed by atoms with van der Waals surface area (Å²) < 4.78 is 16.4. The molecule has 0 saturated carbocycles. The topological polar surface area (TPSA) is 60.8 Å². The number of methoxy groups -OCH3 is 1. The van der Waals surface area contributed by atoms with E-state index in [-0.39, 0.29) is 13.2 Å². The molecule has 0 aliphatic carbocycles. The van der Waals surface area contributed by atoms with Crippen LogP contribution in [-0.4, -0.2) is 23.8 Å². The molecule has 1 heterocycles. The summed E-state index contributed by atoms with van der Waals surface area (Å²) in [7, 11) is 1.57. The zero-order valence-electron chi connectivity index (χ0n) is 12.2. The normalized spacial score (nSPS) is 10.2. The largest absolute Gasteiger partial charge is 0.490 e. The number of aromatic nitrogens is 1. The Morgan fingerprint density at radius 1 is 1.10 bits per heavy atom. The van der Waals surface area contributed by atoms with Crippen molar-refractivity contribution in [3.05, 3.63) is 47.7 Å². The maximum atomic E-state index is 9.42. The summed E-state index contributed by atoms with van der Waals surface area (Å²) in [6.07, 6.45) is 0. The molecule has 21 heavy (non-hydrogen) atoms. The van der Waals surface area contributed by atoms with Crippen LogP contribution in [0.2, 0.25) is 0 Å². The molecule has 2 aromatic rings. The summed E-state index contributed by atoms with van der Waals surface area (Å²) in [5.41, 5.74) is 1.42. The highest BCUT2D eigenvalue weighted by Crippen LogP contribution is 2.32. The van der Waals surface area contributed by atoms with E-state index in [0.29, 0.717) is 29.5 Å². The molecule has 0 unspecified atom stereocenters. The van der Waals surface area contributed by atoms with Gasteiger partial charge >= 0.3 is 0 Å². The number of nitrogens with zero attached hydrogens (tertiary/aromatic N) is 1. The van der Waals surface area contributed by atoms with Crippen LogP contribution < -0.4 is 14.2 Å². The third kappa shape index (κ3) is 3.86. The number of hydrogen-bond acceptors (Lipinski definition) is 5. The van der Waals surface area contributed by atoms with Crippen molar-refractivity contribution in [1.29, 1.82) is 0 Å². The van der Waals surface area contributed by atoms with E-state index in [1.807, 2.05) is 31.2 Å². The van der Waals surface area contributed by atoms with Gasteiger partial charge < -0.3 is 19.3 Å². The van der Waals surface area contributed by atoms with Crippen molar-refractivity contribution < 1.29 is 19.3 Å². The number of ether oxygens (including phenoxy) is 3. The molecule has 112 valence electrons. The SMILES string of the molecule is CCOc1cccc(CO)c1OCc1cccc(OC)n1. The first kappa shape index (κ1) is 15.1. The molecule has 2 rings (SSSR count). The zero-order valence-corrected chi connectivity index (χ0v) is 12.2. The summed E-state index contributed by atoms with van der Waals surface area (Å²) in [5, 5.41) is 9.42. The van der Waals surface area contributed by atoms with Crippen LogP contribution in [0.5, 0.6) is 17.4 Å². The minimum absolute atomic E-state index is 0.109. The Labute approximate surface area is 124 Å². The predicted octanol–water partition coefficient (Wildman–Crippen LogP) is 2.56. The fourth-order valence-corrected chi connectivity index (χ4v) is 1.92. The van der Waals surface area contributed by atoms with Crippen molar-refractivity contribution in [2.75, 3.05) is 13.7 Å².